The van der Waals surface area contributed by atoms with Gasteiger partial charge in [-0.15, -0.1) is 0 Å². The Morgan fingerprint density at radius 1 is 0.769 bits per heavy atom. The molecule has 2 aromatic carbocycles. The van der Waals surface area contributed by atoms with Crippen LogP contribution < -0.4 is 4.72 Å². The van der Waals surface area contributed by atoms with Gasteiger partial charge in [-0.25, -0.2) is 21.6 Å². The van der Waals surface area contributed by atoms with Gasteiger partial charge in [-0.1, -0.05) is 36.4 Å². The van der Waals surface area contributed by atoms with E-state index in [-0.39, 0.29) is 22.1 Å². The van der Waals surface area contributed by atoms with Crippen LogP contribution >= 0.6 is 0 Å². The lowest BCUT2D eigenvalue weighted by atomic mass is 10.3. The van der Waals surface area contributed by atoms with Crippen LogP contribution in [-0.2, 0) is 19.9 Å². The molecule has 3 aromatic rings. The van der Waals surface area contributed by atoms with E-state index < -0.39 is 25.1 Å². The van der Waals surface area contributed by atoms with Crippen molar-refractivity contribution in [3.8, 4) is 0 Å². The lowest BCUT2D eigenvalue weighted by molar-refractivity contribution is 0.486. The van der Waals surface area contributed by atoms with Crippen molar-refractivity contribution in [2.75, 3.05) is 6.54 Å². The highest BCUT2D eigenvalue weighted by Crippen LogP contribution is 2.29. The fourth-order valence-corrected chi connectivity index (χ4v) is 5.26. The molecule has 3 rings (SSSR count). The highest BCUT2D eigenvalue weighted by Gasteiger charge is 2.32. The van der Waals surface area contributed by atoms with Crippen LogP contribution in [0.3, 0.4) is 0 Å². The summed E-state index contributed by atoms with van der Waals surface area (Å²) >= 11 is 0. The molecular formula is C18H17NO5S2. The molecule has 0 amide bonds. The van der Waals surface area contributed by atoms with Crippen LogP contribution in [-0.4, -0.2) is 23.4 Å². The number of sulfone groups is 1. The van der Waals surface area contributed by atoms with Gasteiger partial charge in [0, 0.05) is 6.54 Å². The van der Waals surface area contributed by atoms with Gasteiger partial charge in [-0.3, -0.25) is 0 Å². The molecule has 0 bridgehead atoms. The molecule has 0 fully saturated rings. The van der Waals surface area contributed by atoms with Crippen molar-refractivity contribution < 1.29 is 21.3 Å². The van der Waals surface area contributed by atoms with E-state index in [9.17, 15) is 16.8 Å². The summed E-state index contributed by atoms with van der Waals surface area (Å²) in [5, 5.41) is -1.18. The Kier molecular flexibility index (Phi) is 5.26. The second kappa shape index (κ2) is 7.45. The summed E-state index contributed by atoms with van der Waals surface area (Å²) in [5.41, 5.74) is 0. The maximum absolute atomic E-state index is 13.0. The highest BCUT2D eigenvalue weighted by atomic mass is 32.2. The predicted molar refractivity (Wildman–Crippen MR) is 96.7 cm³/mol. The molecule has 1 atom stereocenters. The summed E-state index contributed by atoms with van der Waals surface area (Å²) in [4.78, 5) is 0.163. The molecule has 26 heavy (non-hydrogen) atoms. The maximum Gasteiger partial charge on any atom is 0.240 e. The van der Waals surface area contributed by atoms with Gasteiger partial charge in [0.25, 0.3) is 0 Å². The minimum atomic E-state index is -3.85. The van der Waals surface area contributed by atoms with Crippen LogP contribution in [0.25, 0.3) is 0 Å². The zero-order valence-electron chi connectivity index (χ0n) is 13.6. The average molecular weight is 391 g/mol. The lowest BCUT2D eigenvalue weighted by Gasteiger charge is -2.17. The SMILES string of the molecule is O=S(=O)(NC[C@@H](c1ccco1)S(=O)(=O)c1ccccc1)c1ccccc1. The molecule has 0 saturated heterocycles. The Bertz CT molecular complexity index is 1050. The number of rotatable bonds is 7. The van der Waals surface area contributed by atoms with Crippen LogP contribution in [0.5, 0.6) is 0 Å². The third-order valence-electron chi connectivity index (χ3n) is 3.82. The van der Waals surface area contributed by atoms with Crippen molar-refractivity contribution in [2.45, 2.75) is 15.0 Å². The summed E-state index contributed by atoms with van der Waals surface area (Å²) in [6.07, 6.45) is 1.36. The Hall–Kier alpha value is -2.42. The molecular weight excluding hydrogens is 374 g/mol. The van der Waals surface area contributed by atoms with E-state index in [1.165, 1.54) is 36.6 Å². The number of hydrogen-bond acceptors (Lipinski definition) is 5. The van der Waals surface area contributed by atoms with Gasteiger partial charge in [0.2, 0.25) is 10.0 Å². The van der Waals surface area contributed by atoms with E-state index in [1.54, 1.807) is 42.5 Å². The normalized spacial score (nSPS) is 13.4. The largest absolute Gasteiger partial charge is 0.468 e. The first-order valence-corrected chi connectivity index (χ1v) is 10.8. The first-order valence-electron chi connectivity index (χ1n) is 7.78. The van der Waals surface area contributed by atoms with E-state index in [0.29, 0.717) is 0 Å². The van der Waals surface area contributed by atoms with Gasteiger partial charge >= 0.3 is 0 Å². The molecule has 136 valence electrons. The quantitative estimate of drug-likeness (QED) is 0.668. The molecule has 0 aliphatic carbocycles. The van der Waals surface area contributed by atoms with E-state index in [0.717, 1.165) is 0 Å². The zero-order valence-corrected chi connectivity index (χ0v) is 15.3. The first-order chi connectivity index (χ1) is 12.4. The minimum Gasteiger partial charge on any atom is -0.468 e. The monoisotopic (exact) mass is 391 g/mol. The average Bonchev–Trinajstić information content (AvgIpc) is 3.17. The van der Waals surface area contributed by atoms with Crippen molar-refractivity contribution in [3.63, 3.8) is 0 Å². The van der Waals surface area contributed by atoms with Crippen molar-refractivity contribution in [1.82, 2.24) is 4.72 Å². The Labute approximate surface area is 152 Å². The first kappa shape index (κ1) is 18.4. The topological polar surface area (TPSA) is 93.4 Å². The van der Waals surface area contributed by atoms with Crippen LogP contribution in [0.1, 0.15) is 11.0 Å². The third-order valence-corrected chi connectivity index (χ3v) is 7.34. The Balaban J connectivity index is 1.92. The van der Waals surface area contributed by atoms with Gasteiger partial charge < -0.3 is 4.42 Å². The van der Waals surface area contributed by atoms with Gasteiger partial charge in [0.1, 0.15) is 11.0 Å². The summed E-state index contributed by atoms with van der Waals surface area (Å²) in [6, 6.07) is 18.7. The number of hydrogen-bond donors (Lipinski definition) is 1. The molecule has 8 heteroatoms. The second-order valence-electron chi connectivity index (χ2n) is 5.53. The molecule has 0 aliphatic rings. The maximum atomic E-state index is 13.0. The number of nitrogens with one attached hydrogen (secondary N) is 1. The lowest BCUT2D eigenvalue weighted by Crippen LogP contribution is -2.31. The standard InChI is InChI=1S/C18H17NO5S2/c20-25(21,15-8-3-1-4-9-15)18(17-12-7-13-24-17)14-19-26(22,23)16-10-5-2-6-11-16/h1-13,18-19H,14H2/t18-/m0/s1. The minimum absolute atomic E-state index is 0.0651. The van der Waals surface area contributed by atoms with Gasteiger partial charge in [-0.05, 0) is 36.4 Å². The van der Waals surface area contributed by atoms with E-state index in [4.69, 9.17) is 4.42 Å². The number of sulfonamides is 1. The molecule has 0 spiro atoms. The predicted octanol–water partition coefficient (Wildman–Crippen LogP) is 2.77. The zero-order chi connectivity index (χ0) is 18.6. The summed E-state index contributed by atoms with van der Waals surface area (Å²) in [5.74, 6) is 0.171. The molecule has 0 radical (unpaired) electrons. The fraction of sp³-hybridized carbons (Fsp3) is 0.111. The van der Waals surface area contributed by atoms with E-state index >= 15 is 0 Å². The molecule has 1 N–H and O–H groups in total. The smallest absolute Gasteiger partial charge is 0.240 e. The molecule has 1 aromatic heterocycles. The van der Waals surface area contributed by atoms with Crippen LogP contribution in [0, 0.1) is 0 Å². The molecule has 0 unspecified atom stereocenters. The van der Waals surface area contributed by atoms with Gasteiger partial charge in [0.05, 0.1) is 16.1 Å². The Morgan fingerprint density at radius 3 is 1.88 bits per heavy atom. The number of benzene rings is 2. The fourth-order valence-electron chi connectivity index (χ4n) is 2.48. The van der Waals surface area contributed by atoms with E-state index in [1.807, 2.05) is 0 Å². The van der Waals surface area contributed by atoms with Crippen molar-refractivity contribution in [3.05, 3.63) is 84.8 Å². The Morgan fingerprint density at radius 2 is 1.35 bits per heavy atom. The highest BCUT2D eigenvalue weighted by molar-refractivity contribution is 7.92. The second-order valence-corrected chi connectivity index (χ2v) is 9.42. The van der Waals surface area contributed by atoms with Gasteiger partial charge in [0.15, 0.2) is 9.84 Å². The summed E-state index contributed by atoms with van der Waals surface area (Å²) in [6.45, 7) is -0.345. The molecule has 1 heterocycles. The van der Waals surface area contributed by atoms with Crippen LogP contribution in [0.2, 0.25) is 0 Å². The third kappa shape index (κ3) is 3.87. The molecule has 0 saturated carbocycles. The summed E-state index contributed by atoms with van der Waals surface area (Å²) < 4.78 is 58.5. The van der Waals surface area contributed by atoms with E-state index in [2.05, 4.69) is 4.72 Å². The van der Waals surface area contributed by atoms with Crippen LogP contribution in [0.15, 0.2) is 93.3 Å². The molecule has 6 nitrogen and oxygen atoms in total. The summed E-state index contributed by atoms with van der Waals surface area (Å²) in [7, 11) is -7.69. The van der Waals surface area contributed by atoms with Crippen molar-refractivity contribution >= 4 is 19.9 Å². The molecule has 0 aliphatic heterocycles. The van der Waals surface area contributed by atoms with Crippen molar-refractivity contribution in [2.24, 2.45) is 0 Å². The van der Waals surface area contributed by atoms with Crippen LogP contribution in [0.4, 0.5) is 0 Å². The van der Waals surface area contributed by atoms with Crippen molar-refractivity contribution in [1.29, 1.82) is 0 Å². The number of furan rings is 1. The van der Waals surface area contributed by atoms with Gasteiger partial charge in [-0.2, -0.15) is 0 Å².